The van der Waals surface area contributed by atoms with E-state index in [2.05, 4.69) is 15.4 Å². The molecule has 5 rings (SSSR count). The number of benzene rings is 2. The molecule has 10 nitrogen and oxygen atoms in total. The van der Waals surface area contributed by atoms with Gasteiger partial charge < -0.3 is 24.7 Å². The van der Waals surface area contributed by atoms with Crippen LogP contribution in [0.5, 0.6) is 17.2 Å². The van der Waals surface area contributed by atoms with E-state index >= 15 is 0 Å². The van der Waals surface area contributed by atoms with Crippen LogP contribution >= 0.6 is 0 Å². The molecule has 1 aliphatic rings. The standard InChI is InChI=1S/C26H22N4O6/c1-14-10-21(32)23(26(34)36-14)18-12-19(15-8-9-20(31)22(11-15)35-2)30-24(29-18)17(13-27-30)25(33)28-16-6-4-3-5-7-16/h3-11,13,19,31-32H,12H2,1-2H3,(H,28,33)/t19-/m0/s1. The Kier molecular flexibility index (Phi) is 5.77. The maximum absolute atomic E-state index is 13.1. The number of nitrogens with zero attached hydrogens (tertiary/aromatic N) is 3. The molecule has 36 heavy (non-hydrogen) atoms. The Hall–Kier alpha value is -4.86. The first kappa shape index (κ1) is 22.9. The predicted octanol–water partition coefficient (Wildman–Crippen LogP) is 3.93. The number of ether oxygens (including phenoxy) is 1. The van der Waals surface area contributed by atoms with Crippen LogP contribution < -0.4 is 15.7 Å². The zero-order valence-corrected chi connectivity index (χ0v) is 19.4. The fourth-order valence-electron chi connectivity index (χ4n) is 4.20. The smallest absolute Gasteiger partial charge is 0.348 e. The van der Waals surface area contributed by atoms with Crippen LogP contribution in [0.2, 0.25) is 0 Å². The summed E-state index contributed by atoms with van der Waals surface area (Å²) in [6.45, 7) is 1.56. The number of aliphatic imine (C=N–C) groups is 1. The summed E-state index contributed by atoms with van der Waals surface area (Å²) in [6.07, 6.45) is 1.56. The van der Waals surface area contributed by atoms with Gasteiger partial charge in [0.25, 0.3) is 5.91 Å². The molecule has 3 heterocycles. The molecule has 0 spiro atoms. The largest absolute Gasteiger partial charge is 0.507 e. The molecule has 182 valence electrons. The van der Waals surface area contributed by atoms with Gasteiger partial charge in [-0.05, 0) is 36.8 Å². The number of para-hydroxylation sites is 1. The summed E-state index contributed by atoms with van der Waals surface area (Å²) in [4.78, 5) is 30.4. The highest BCUT2D eigenvalue weighted by atomic mass is 16.5. The average Bonchev–Trinajstić information content (AvgIpc) is 3.28. The zero-order valence-electron chi connectivity index (χ0n) is 19.4. The lowest BCUT2D eigenvalue weighted by Crippen LogP contribution is -2.25. The minimum Gasteiger partial charge on any atom is -0.507 e. The number of hydrogen-bond acceptors (Lipinski definition) is 8. The summed E-state index contributed by atoms with van der Waals surface area (Å²) < 4.78 is 12.0. The fraction of sp³-hybridized carbons (Fsp3) is 0.154. The molecule has 2 aromatic heterocycles. The van der Waals surface area contributed by atoms with Gasteiger partial charge in [0.15, 0.2) is 17.3 Å². The Morgan fingerprint density at radius 2 is 1.92 bits per heavy atom. The molecule has 2 aromatic carbocycles. The Morgan fingerprint density at radius 1 is 1.14 bits per heavy atom. The van der Waals surface area contributed by atoms with Gasteiger partial charge in [-0.15, -0.1) is 0 Å². The van der Waals surface area contributed by atoms with E-state index in [1.165, 1.54) is 25.4 Å². The van der Waals surface area contributed by atoms with Gasteiger partial charge in [-0.1, -0.05) is 24.3 Å². The maximum Gasteiger partial charge on any atom is 0.348 e. The highest BCUT2D eigenvalue weighted by Gasteiger charge is 2.32. The molecule has 0 saturated carbocycles. The molecule has 3 N–H and O–H groups in total. The van der Waals surface area contributed by atoms with Gasteiger partial charge in [0.05, 0.1) is 25.1 Å². The number of methoxy groups -OCH3 is 1. The Morgan fingerprint density at radius 3 is 2.64 bits per heavy atom. The van der Waals surface area contributed by atoms with Crippen LogP contribution in [-0.2, 0) is 0 Å². The molecule has 0 radical (unpaired) electrons. The second kappa shape index (κ2) is 9.06. The number of phenolic OH excluding ortho intramolecular Hbond substituents is 1. The number of rotatable bonds is 5. The van der Waals surface area contributed by atoms with Crippen molar-refractivity contribution in [1.29, 1.82) is 0 Å². The topological polar surface area (TPSA) is 139 Å². The lowest BCUT2D eigenvalue weighted by Gasteiger charge is -2.25. The molecule has 0 aliphatic carbocycles. The van der Waals surface area contributed by atoms with Crippen molar-refractivity contribution in [1.82, 2.24) is 9.78 Å². The van der Waals surface area contributed by atoms with Crippen molar-refractivity contribution in [3.05, 3.63) is 93.7 Å². The van der Waals surface area contributed by atoms with E-state index < -0.39 is 17.6 Å². The van der Waals surface area contributed by atoms with E-state index in [0.717, 1.165) is 0 Å². The molecular formula is C26H22N4O6. The van der Waals surface area contributed by atoms with E-state index in [1.807, 2.05) is 6.07 Å². The molecule has 1 aliphatic heterocycles. The number of amides is 1. The van der Waals surface area contributed by atoms with Crippen LogP contribution in [0.25, 0.3) is 0 Å². The van der Waals surface area contributed by atoms with E-state index in [1.54, 1.807) is 48.0 Å². The van der Waals surface area contributed by atoms with Crippen LogP contribution in [0.15, 0.2) is 75.0 Å². The van der Waals surface area contributed by atoms with Crippen molar-refractivity contribution in [3.8, 4) is 17.2 Å². The minimum atomic E-state index is -0.739. The third-order valence-electron chi connectivity index (χ3n) is 5.90. The van der Waals surface area contributed by atoms with Crippen molar-refractivity contribution < 1.29 is 24.2 Å². The van der Waals surface area contributed by atoms with Crippen LogP contribution in [0.1, 0.15) is 39.7 Å². The Bertz CT molecular complexity index is 1550. The molecule has 0 bridgehead atoms. The predicted molar refractivity (Wildman–Crippen MR) is 132 cm³/mol. The number of aromatic hydroxyl groups is 2. The lowest BCUT2D eigenvalue weighted by molar-refractivity contribution is 0.102. The summed E-state index contributed by atoms with van der Waals surface area (Å²) in [6, 6.07) is 14.6. The van der Waals surface area contributed by atoms with E-state index in [4.69, 9.17) is 9.15 Å². The van der Waals surface area contributed by atoms with Crippen LogP contribution in [0.4, 0.5) is 11.5 Å². The Labute approximate surface area is 205 Å². The molecule has 1 amide bonds. The average molecular weight is 486 g/mol. The normalized spacial score (nSPS) is 14.6. The number of nitrogens with one attached hydrogen (secondary N) is 1. The summed E-state index contributed by atoms with van der Waals surface area (Å²) in [5.74, 6) is -0.0228. The van der Waals surface area contributed by atoms with Crippen molar-refractivity contribution in [3.63, 3.8) is 0 Å². The number of anilines is 1. The van der Waals surface area contributed by atoms with Crippen molar-refractivity contribution in [2.24, 2.45) is 4.99 Å². The number of fused-ring (bicyclic) bond motifs is 1. The van der Waals surface area contributed by atoms with Crippen molar-refractivity contribution in [2.45, 2.75) is 19.4 Å². The van der Waals surface area contributed by atoms with E-state index in [-0.39, 0.29) is 52.1 Å². The van der Waals surface area contributed by atoms with Gasteiger partial charge in [-0.2, -0.15) is 5.10 Å². The first-order valence-electron chi connectivity index (χ1n) is 11.1. The van der Waals surface area contributed by atoms with Gasteiger partial charge in [0.2, 0.25) is 0 Å². The van der Waals surface area contributed by atoms with E-state index in [9.17, 15) is 19.8 Å². The second-order valence-electron chi connectivity index (χ2n) is 8.26. The van der Waals surface area contributed by atoms with Crippen LogP contribution in [0.3, 0.4) is 0 Å². The van der Waals surface area contributed by atoms with Gasteiger partial charge in [-0.25, -0.2) is 14.5 Å². The quantitative estimate of drug-likeness (QED) is 0.388. The highest BCUT2D eigenvalue weighted by molar-refractivity contribution is 6.10. The minimum absolute atomic E-state index is 0.0357. The maximum atomic E-state index is 13.1. The number of carbonyl (C=O) groups is 1. The molecule has 4 aromatic rings. The third kappa shape index (κ3) is 4.09. The number of hydrogen-bond donors (Lipinski definition) is 3. The summed E-state index contributed by atoms with van der Waals surface area (Å²) >= 11 is 0. The monoisotopic (exact) mass is 486 g/mol. The van der Waals surface area contributed by atoms with Gasteiger partial charge in [0, 0.05) is 18.2 Å². The molecule has 10 heteroatoms. The first-order chi connectivity index (χ1) is 17.4. The van der Waals surface area contributed by atoms with Crippen LogP contribution in [-0.4, -0.2) is 38.7 Å². The summed E-state index contributed by atoms with van der Waals surface area (Å²) in [7, 11) is 1.44. The number of carbonyl (C=O) groups excluding carboxylic acids is 1. The number of phenols is 1. The molecule has 0 unspecified atom stereocenters. The fourth-order valence-corrected chi connectivity index (χ4v) is 4.20. The summed E-state index contributed by atoms with van der Waals surface area (Å²) in [5.41, 5.74) is 0.879. The number of aryl methyl sites for hydroxylation is 1. The van der Waals surface area contributed by atoms with Gasteiger partial charge >= 0.3 is 5.63 Å². The van der Waals surface area contributed by atoms with Gasteiger partial charge in [-0.3, -0.25) is 4.79 Å². The molecule has 1 atom stereocenters. The third-order valence-corrected chi connectivity index (χ3v) is 5.90. The van der Waals surface area contributed by atoms with Gasteiger partial charge in [0.1, 0.15) is 22.6 Å². The molecular weight excluding hydrogens is 464 g/mol. The lowest BCUT2D eigenvalue weighted by atomic mass is 9.95. The molecule has 0 saturated heterocycles. The molecule has 0 fully saturated rings. The number of aromatic nitrogens is 2. The Balaban J connectivity index is 1.65. The second-order valence-corrected chi connectivity index (χ2v) is 8.26. The van der Waals surface area contributed by atoms with Crippen LogP contribution in [0, 0.1) is 6.92 Å². The SMILES string of the molecule is COc1cc([C@@H]2CC(c3c(O)cc(C)oc3=O)=Nc3c(C(=O)Nc4ccccc4)cnn32)ccc1O. The summed E-state index contributed by atoms with van der Waals surface area (Å²) in [5, 5.41) is 27.9. The van der Waals surface area contributed by atoms with Crippen molar-refractivity contribution >= 4 is 23.1 Å². The zero-order chi connectivity index (χ0) is 25.4. The van der Waals surface area contributed by atoms with E-state index in [0.29, 0.717) is 11.3 Å². The van der Waals surface area contributed by atoms with Crippen molar-refractivity contribution in [2.75, 3.05) is 12.4 Å². The first-order valence-corrected chi connectivity index (χ1v) is 11.1. The highest BCUT2D eigenvalue weighted by Crippen LogP contribution is 2.39.